The lowest BCUT2D eigenvalue weighted by atomic mass is 10.1. The fourth-order valence-corrected chi connectivity index (χ4v) is 1.70. The Morgan fingerprint density at radius 1 is 1.67 bits per heavy atom. The summed E-state index contributed by atoms with van der Waals surface area (Å²) in [5.74, 6) is 2.17. The molecule has 1 atom stereocenters. The molecule has 0 aliphatic heterocycles. The summed E-state index contributed by atoms with van der Waals surface area (Å²) in [7, 11) is 0. The van der Waals surface area contributed by atoms with Gasteiger partial charge in [0.2, 0.25) is 0 Å². The first-order chi connectivity index (χ1) is 5.83. The van der Waals surface area contributed by atoms with Crippen LogP contribution in [0.5, 0.6) is 0 Å². The van der Waals surface area contributed by atoms with Crippen LogP contribution in [0.4, 0.5) is 0 Å². The van der Waals surface area contributed by atoms with Gasteiger partial charge in [0.05, 0.1) is 12.5 Å². The van der Waals surface area contributed by atoms with Crippen LogP contribution in [0, 0.1) is 0 Å². The molecule has 68 valence electrons. The molecule has 0 saturated heterocycles. The van der Waals surface area contributed by atoms with E-state index in [9.17, 15) is 0 Å². The molecule has 2 nitrogen and oxygen atoms in total. The van der Waals surface area contributed by atoms with E-state index in [-0.39, 0.29) is 6.04 Å². The van der Waals surface area contributed by atoms with Gasteiger partial charge in [-0.3, -0.25) is 0 Å². The van der Waals surface area contributed by atoms with Gasteiger partial charge in [0.1, 0.15) is 0 Å². The molecule has 0 amide bonds. The van der Waals surface area contributed by atoms with Crippen LogP contribution in [0.3, 0.4) is 0 Å². The van der Waals surface area contributed by atoms with Gasteiger partial charge in [-0.1, -0.05) is 6.92 Å². The van der Waals surface area contributed by atoms with Gasteiger partial charge in [0, 0.05) is 11.8 Å². The summed E-state index contributed by atoms with van der Waals surface area (Å²) in [5.41, 5.74) is 7.08. The Morgan fingerprint density at radius 3 is 3.08 bits per heavy atom. The third-order valence-corrected chi connectivity index (χ3v) is 2.69. The van der Waals surface area contributed by atoms with E-state index in [0.29, 0.717) is 0 Å². The van der Waals surface area contributed by atoms with Crippen LogP contribution in [0.1, 0.15) is 12.5 Å². The maximum Gasteiger partial charge on any atom is 0.0935 e. The molecule has 0 spiro atoms. The number of thioether (sulfide) groups is 1. The molecule has 12 heavy (non-hydrogen) atoms. The standard InChI is InChI=1S/C9H15NOS/c1-2-12-7-9(10)5-8-3-4-11-6-8/h3-4,6,9H,2,5,7,10H2,1H3. The second kappa shape index (κ2) is 5.27. The quantitative estimate of drug-likeness (QED) is 0.761. The van der Waals surface area contributed by atoms with Gasteiger partial charge in [-0.05, 0) is 23.8 Å². The molecule has 2 N–H and O–H groups in total. The molecule has 0 aromatic carbocycles. The zero-order chi connectivity index (χ0) is 8.81. The first-order valence-corrected chi connectivity index (χ1v) is 5.32. The van der Waals surface area contributed by atoms with Crippen LogP contribution < -0.4 is 5.73 Å². The zero-order valence-corrected chi connectivity index (χ0v) is 8.14. The van der Waals surface area contributed by atoms with Gasteiger partial charge < -0.3 is 10.2 Å². The van der Waals surface area contributed by atoms with Crippen molar-refractivity contribution >= 4 is 11.8 Å². The Labute approximate surface area is 77.5 Å². The first-order valence-electron chi connectivity index (χ1n) is 4.17. The molecule has 1 rings (SSSR count). The van der Waals surface area contributed by atoms with E-state index in [0.717, 1.165) is 17.9 Å². The van der Waals surface area contributed by atoms with Gasteiger partial charge in [0.25, 0.3) is 0 Å². The van der Waals surface area contributed by atoms with Crippen molar-refractivity contribution < 1.29 is 4.42 Å². The molecule has 1 unspecified atom stereocenters. The number of furan rings is 1. The van der Waals surface area contributed by atoms with Crippen molar-refractivity contribution in [3.63, 3.8) is 0 Å². The molecular formula is C9H15NOS. The lowest BCUT2D eigenvalue weighted by Gasteiger charge is -2.07. The van der Waals surface area contributed by atoms with Crippen molar-refractivity contribution in [1.82, 2.24) is 0 Å². The van der Waals surface area contributed by atoms with Crippen molar-refractivity contribution in [1.29, 1.82) is 0 Å². The van der Waals surface area contributed by atoms with E-state index >= 15 is 0 Å². The van der Waals surface area contributed by atoms with Crippen LogP contribution in [0.25, 0.3) is 0 Å². The number of rotatable bonds is 5. The first kappa shape index (κ1) is 9.68. The van der Waals surface area contributed by atoms with Gasteiger partial charge >= 0.3 is 0 Å². The number of hydrogen-bond acceptors (Lipinski definition) is 3. The fourth-order valence-electron chi connectivity index (χ4n) is 1.04. The monoisotopic (exact) mass is 185 g/mol. The molecule has 3 heteroatoms. The van der Waals surface area contributed by atoms with E-state index in [1.54, 1.807) is 12.5 Å². The average molecular weight is 185 g/mol. The summed E-state index contributed by atoms with van der Waals surface area (Å²) in [6, 6.07) is 2.23. The second-order valence-electron chi connectivity index (χ2n) is 2.76. The predicted molar refractivity (Wildman–Crippen MR) is 53.4 cm³/mol. The third-order valence-electron chi connectivity index (χ3n) is 1.61. The highest BCUT2D eigenvalue weighted by Crippen LogP contribution is 2.07. The molecule has 1 aromatic heterocycles. The summed E-state index contributed by atoms with van der Waals surface area (Å²) in [6.45, 7) is 2.15. The smallest absolute Gasteiger partial charge is 0.0935 e. The van der Waals surface area contributed by atoms with E-state index in [1.807, 2.05) is 17.8 Å². The van der Waals surface area contributed by atoms with Crippen molar-refractivity contribution in [2.24, 2.45) is 5.73 Å². The van der Waals surface area contributed by atoms with Crippen LogP contribution in [0.15, 0.2) is 23.0 Å². The molecule has 0 radical (unpaired) electrons. The van der Waals surface area contributed by atoms with Crippen LogP contribution in [-0.2, 0) is 6.42 Å². The summed E-state index contributed by atoms with van der Waals surface area (Å²) in [5, 5.41) is 0. The van der Waals surface area contributed by atoms with Gasteiger partial charge in [-0.2, -0.15) is 11.8 Å². The Kier molecular flexibility index (Phi) is 4.25. The van der Waals surface area contributed by atoms with Crippen LogP contribution in [0.2, 0.25) is 0 Å². The Bertz CT molecular complexity index is 198. The van der Waals surface area contributed by atoms with E-state index in [1.165, 1.54) is 5.56 Å². The molecule has 0 aliphatic carbocycles. The molecule has 1 aromatic rings. The molecule has 0 saturated carbocycles. The minimum Gasteiger partial charge on any atom is -0.472 e. The van der Waals surface area contributed by atoms with Crippen LogP contribution in [-0.4, -0.2) is 17.5 Å². The Balaban J connectivity index is 2.22. The highest BCUT2D eigenvalue weighted by molar-refractivity contribution is 7.99. The molecule has 0 aliphatic rings. The second-order valence-corrected chi connectivity index (χ2v) is 4.07. The summed E-state index contributed by atoms with van der Waals surface area (Å²) in [4.78, 5) is 0. The molecule has 0 bridgehead atoms. The maximum absolute atomic E-state index is 5.89. The lowest BCUT2D eigenvalue weighted by Crippen LogP contribution is -2.25. The average Bonchev–Trinajstić information content (AvgIpc) is 2.53. The van der Waals surface area contributed by atoms with Crippen molar-refractivity contribution in [3.05, 3.63) is 24.2 Å². The third kappa shape index (κ3) is 3.32. The zero-order valence-electron chi connectivity index (χ0n) is 7.32. The normalized spacial score (nSPS) is 13.2. The fraction of sp³-hybridized carbons (Fsp3) is 0.556. The predicted octanol–water partition coefficient (Wildman–Crippen LogP) is 1.90. The van der Waals surface area contributed by atoms with Gasteiger partial charge in [-0.15, -0.1) is 0 Å². The van der Waals surface area contributed by atoms with Crippen LogP contribution >= 0.6 is 11.8 Å². The SMILES string of the molecule is CCSCC(N)Cc1ccoc1. The van der Waals surface area contributed by atoms with Crippen molar-refractivity contribution in [2.75, 3.05) is 11.5 Å². The largest absolute Gasteiger partial charge is 0.472 e. The highest BCUT2D eigenvalue weighted by Gasteiger charge is 2.03. The number of hydrogen-bond donors (Lipinski definition) is 1. The molecule has 1 heterocycles. The summed E-state index contributed by atoms with van der Waals surface area (Å²) >= 11 is 1.88. The maximum atomic E-state index is 5.89. The van der Waals surface area contributed by atoms with Gasteiger partial charge in [-0.25, -0.2) is 0 Å². The Morgan fingerprint density at radius 2 is 2.50 bits per heavy atom. The lowest BCUT2D eigenvalue weighted by molar-refractivity contribution is 0.562. The van der Waals surface area contributed by atoms with Crippen molar-refractivity contribution in [2.45, 2.75) is 19.4 Å². The Hall–Kier alpha value is -0.410. The summed E-state index contributed by atoms with van der Waals surface area (Å²) < 4.78 is 4.96. The highest BCUT2D eigenvalue weighted by atomic mass is 32.2. The minimum atomic E-state index is 0.257. The topological polar surface area (TPSA) is 39.2 Å². The van der Waals surface area contributed by atoms with Gasteiger partial charge in [0.15, 0.2) is 0 Å². The molecule has 0 fully saturated rings. The summed E-state index contributed by atoms with van der Waals surface area (Å²) in [6.07, 6.45) is 4.37. The van der Waals surface area contributed by atoms with Crippen molar-refractivity contribution in [3.8, 4) is 0 Å². The van der Waals surface area contributed by atoms with E-state index in [4.69, 9.17) is 10.2 Å². The van der Waals surface area contributed by atoms with E-state index in [2.05, 4.69) is 6.92 Å². The molecular weight excluding hydrogens is 170 g/mol. The minimum absolute atomic E-state index is 0.257. The number of nitrogens with two attached hydrogens (primary N) is 1. The van der Waals surface area contributed by atoms with E-state index < -0.39 is 0 Å².